The second-order valence-corrected chi connectivity index (χ2v) is 6.89. The van der Waals surface area contributed by atoms with Gasteiger partial charge in [-0.3, -0.25) is 9.59 Å². The van der Waals surface area contributed by atoms with Crippen LogP contribution in [0.4, 0.5) is 30.6 Å². The summed E-state index contributed by atoms with van der Waals surface area (Å²) in [5.41, 5.74) is -0.656. The number of carbonyl (C=O) groups is 2. The van der Waals surface area contributed by atoms with Crippen molar-refractivity contribution in [2.24, 2.45) is 4.99 Å². The van der Waals surface area contributed by atoms with E-state index in [1.54, 1.807) is 4.90 Å². The van der Waals surface area contributed by atoms with Crippen molar-refractivity contribution in [1.82, 2.24) is 9.97 Å². The predicted octanol–water partition coefficient (Wildman–Crippen LogP) is 5.03. The SMILES string of the molecule is [CH2]CCC=Nc1nc(N(CC)CC)ncc1N(C(=O)c1ccc(Cl)cc1)C(=O)C(F)(F)F. The number of hydrogen-bond donors (Lipinski definition) is 0. The van der Waals surface area contributed by atoms with E-state index in [0.717, 1.165) is 6.20 Å². The fraction of sp³-hybridized carbons (Fsp3) is 0.333. The van der Waals surface area contributed by atoms with Crippen LogP contribution in [0.3, 0.4) is 0 Å². The van der Waals surface area contributed by atoms with Gasteiger partial charge >= 0.3 is 12.1 Å². The topological polar surface area (TPSA) is 78.8 Å². The van der Waals surface area contributed by atoms with E-state index in [-0.39, 0.29) is 27.3 Å². The smallest absolute Gasteiger partial charge is 0.341 e. The van der Waals surface area contributed by atoms with Crippen LogP contribution in [-0.4, -0.2) is 47.3 Å². The number of aliphatic imine (C=N–C) groups is 1. The summed E-state index contributed by atoms with van der Waals surface area (Å²) in [6, 6.07) is 5.10. The predicted molar refractivity (Wildman–Crippen MR) is 118 cm³/mol. The lowest BCUT2D eigenvalue weighted by molar-refractivity contribution is -0.169. The van der Waals surface area contributed by atoms with Crippen LogP contribution in [0, 0.1) is 6.92 Å². The summed E-state index contributed by atoms with van der Waals surface area (Å²) >= 11 is 5.80. The number of carbonyl (C=O) groups excluding carboxylic acids is 2. The second-order valence-electron chi connectivity index (χ2n) is 6.46. The second kappa shape index (κ2) is 11.0. The van der Waals surface area contributed by atoms with Gasteiger partial charge in [0.15, 0.2) is 5.82 Å². The minimum Gasteiger partial charge on any atom is -0.341 e. The van der Waals surface area contributed by atoms with Crippen molar-refractivity contribution in [2.45, 2.75) is 32.9 Å². The summed E-state index contributed by atoms with van der Waals surface area (Å²) < 4.78 is 40.3. The van der Waals surface area contributed by atoms with E-state index in [0.29, 0.717) is 25.9 Å². The standard InChI is InChI=1S/C21H22ClF3N5O2/c1-4-7-12-26-17-16(13-27-20(28-17)29(5-2)6-3)30(19(32)21(23,24)25)18(31)14-8-10-15(22)11-9-14/h8-13H,1,4-7H2,2-3H3. The number of unbranched alkanes of at least 4 members (excludes halogenated alkanes) is 1. The number of hydrogen-bond acceptors (Lipinski definition) is 6. The Morgan fingerprint density at radius 1 is 1.19 bits per heavy atom. The first-order chi connectivity index (χ1) is 15.1. The molecule has 0 unspecified atom stereocenters. The van der Waals surface area contributed by atoms with Crippen molar-refractivity contribution in [1.29, 1.82) is 0 Å². The highest BCUT2D eigenvalue weighted by molar-refractivity contribution is 6.31. The molecule has 32 heavy (non-hydrogen) atoms. The molecule has 2 rings (SSSR count). The highest BCUT2D eigenvalue weighted by Crippen LogP contribution is 2.33. The molecular weight excluding hydrogens is 447 g/mol. The van der Waals surface area contributed by atoms with Crippen LogP contribution < -0.4 is 9.80 Å². The molecule has 7 nitrogen and oxygen atoms in total. The van der Waals surface area contributed by atoms with Gasteiger partial charge in [-0.1, -0.05) is 18.5 Å². The quantitative estimate of drug-likeness (QED) is 0.508. The molecule has 0 bridgehead atoms. The monoisotopic (exact) mass is 468 g/mol. The molecule has 0 saturated carbocycles. The molecular formula is C21H22ClF3N5O2. The molecule has 0 atom stereocenters. The number of anilines is 2. The summed E-state index contributed by atoms with van der Waals surface area (Å²) in [6.45, 7) is 8.46. The summed E-state index contributed by atoms with van der Waals surface area (Å²) in [7, 11) is 0. The largest absolute Gasteiger partial charge is 0.472 e. The zero-order chi connectivity index (χ0) is 23.9. The molecule has 1 aromatic carbocycles. The fourth-order valence-electron chi connectivity index (χ4n) is 2.67. The molecule has 1 heterocycles. The number of amides is 2. The van der Waals surface area contributed by atoms with E-state index in [2.05, 4.69) is 21.9 Å². The third-order valence-electron chi connectivity index (χ3n) is 4.31. The van der Waals surface area contributed by atoms with Gasteiger partial charge in [-0.25, -0.2) is 14.9 Å². The van der Waals surface area contributed by atoms with Gasteiger partial charge in [-0.15, -0.1) is 0 Å². The Balaban J connectivity index is 2.68. The highest BCUT2D eigenvalue weighted by atomic mass is 35.5. The molecule has 2 amide bonds. The molecule has 0 aliphatic heterocycles. The van der Waals surface area contributed by atoms with E-state index in [9.17, 15) is 22.8 Å². The lowest BCUT2D eigenvalue weighted by atomic mass is 10.2. The minimum atomic E-state index is -5.33. The van der Waals surface area contributed by atoms with Crippen LogP contribution in [-0.2, 0) is 4.79 Å². The third kappa shape index (κ3) is 6.03. The third-order valence-corrected chi connectivity index (χ3v) is 4.56. The summed E-state index contributed by atoms with van der Waals surface area (Å²) in [5.74, 6) is -3.63. The Morgan fingerprint density at radius 3 is 2.34 bits per heavy atom. The van der Waals surface area contributed by atoms with Crippen molar-refractivity contribution in [3.8, 4) is 0 Å². The van der Waals surface area contributed by atoms with E-state index in [4.69, 9.17) is 11.6 Å². The van der Waals surface area contributed by atoms with Gasteiger partial charge < -0.3 is 4.90 Å². The molecule has 171 valence electrons. The first-order valence-corrected chi connectivity index (χ1v) is 10.2. The number of aromatic nitrogens is 2. The van der Waals surface area contributed by atoms with Crippen molar-refractivity contribution >= 4 is 47.1 Å². The Morgan fingerprint density at radius 2 is 1.81 bits per heavy atom. The van der Waals surface area contributed by atoms with E-state index in [1.807, 2.05) is 13.8 Å². The number of halogens is 4. The van der Waals surface area contributed by atoms with Crippen LogP contribution >= 0.6 is 11.6 Å². The number of imide groups is 1. The maximum atomic E-state index is 13.4. The number of nitrogens with zero attached hydrogens (tertiary/aromatic N) is 5. The number of rotatable bonds is 8. The summed E-state index contributed by atoms with van der Waals surface area (Å²) in [5, 5.41) is 0.278. The lowest BCUT2D eigenvalue weighted by Crippen LogP contribution is -2.45. The van der Waals surface area contributed by atoms with Gasteiger partial charge in [0, 0.05) is 29.9 Å². The average molecular weight is 469 g/mol. The van der Waals surface area contributed by atoms with Crippen molar-refractivity contribution in [2.75, 3.05) is 22.9 Å². The zero-order valence-corrected chi connectivity index (χ0v) is 18.3. The number of alkyl halides is 3. The Bertz CT molecular complexity index is 976. The number of benzene rings is 1. The van der Waals surface area contributed by atoms with Crippen LogP contribution in [0.2, 0.25) is 5.02 Å². The van der Waals surface area contributed by atoms with Crippen molar-refractivity contribution in [3.63, 3.8) is 0 Å². The maximum absolute atomic E-state index is 13.4. The summed E-state index contributed by atoms with van der Waals surface area (Å²) in [4.78, 5) is 39.4. The first-order valence-electron chi connectivity index (χ1n) is 9.78. The average Bonchev–Trinajstić information content (AvgIpc) is 2.76. The van der Waals surface area contributed by atoms with Gasteiger partial charge in [0.25, 0.3) is 5.91 Å². The highest BCUT2D eigenvalue weighted by Gasteiger charge is 2.46. The molecule has 0 N–H and O–H groups in total. The Hall–Kier alpha value is -3.01. The van der Waals surface area contributed by atoms with E-state index < -0.39 is 23.7 Å². The molecule has 0 saturated heterocycles. The van der Waals surface area contributed by atoms with Crippen LogP contribution in [0.1, 0.15) is 37.0 Å². The van der Waals surface area contributed by atoms with Crippen molar-refractivity contribution in [3.05, 3.63) is 48.0 Å². The van der Waals surface area contributed by atoms with Crippen LogP contribution in [0.15, 0.2) is 35.5 Å². The molecule has 11 heteroatoms. The molecule has 0 aliphatic carbocycles. The molecule has 1 radical (unpaired) electrons. The normalized spacial score (nSPS) is 11.6. The van der Waals surface area contributed by atoms with Gasteiger partial charge in [-0.2, -0.15) is 18.2 Å². The van der Waals surface area contributed by atoms with Crippen molar-refractivity contribution < 1.29 is 22.8 Å². The van der Waals surface area contributed by atoms with Crippen LogP contribution in [0.5, 0.6) is 0 Å². The fourth-order valence-corrected chi connectivity index (χ4v) is 2.80. The molecule has 0 aliphatic rings. The summed E-state index contributed by atoms with van der Waals surface area (Å²) in [6.07, 6.45) is -2.01. The van der Waals surface area contributed by atoms with E-state index >= 15 is 0 Å². The van der Waals surface area contributed by atoms with Gasteiger partial charge in [0.1, 0.15) is 5.69 Å². The molecule has 1 aromatic heterocycles. The Kier molecular flexibility index (Phi) is 8.71. The molecule has 2 aromatic rings. The van der Waals surface area contributed by atoms with E-state index in [1.165, 1.54) is 30.5 Å². The zero-order valence-electron chi connectivity index (χ0n) is 17.6. The van der Waals surface area contributed by atoms with Crippen LogP contribution in [0.25, 0.3) is 0 Å². The maximum Gasteiger partial charge on any atom is 0.472 e. The minimum absolute atomic E-state index is 0.00782. The first kappa shape index (κ1) is 25.3. The van der Waals surface area contributed by atoms with Gasteiger partial charge in [0.2, 0.25) is 5.95 Å². The molecule has 0 spiro atoms. The van der Waals surface area contributed by atoms with Gasteiger partial charge in [-0.05, 0) is 51.0 Å². The molecule has 0 fully saturated rings. The Labute approximate surface area is 188 Å². The lowest BCUT2D eigenvalue weighted by Gasteiger charge is -2.24. The van der Waals surface area contributed by atoms with Gasteiger partial charge in [0.05, 0.1) is 6.20 Å².